The molecule has 3 rings (SSSR count). The molecule has 1 aromatic rings. The van der Waals surface area contributed by atoms with Crippen LogP contribution >= 0.6 is 0 Å². The minimum absolute atomic E-state index is 0.0286. The number of amides is 2. The quantitative estimate of drug-likeness (QED) is 0.848. The van der Waals surface area contributed by atoms with Gasteiger partial charge in [-0.25, -0.2) is 4.98 Å². The molecule has 0 saturated heterocycles. The van der Waals surface area contributed by atoms with E-state index in [1.807, 2.05) is 4.57 Å². The lowest BCUT2D eigenvalue weighted by atomic mass is 10.2. The molecule has 0 bridgehead atoms. The highest BCUT2D eigenvalue weighted by Crippen LogP contribution is 2.25. The Kier molecular flexibility index (Phi) is 3.81. The van der Waals surface area contributed by atoms with E-state index in [1.54, 1.807) is 11.1 Å². The number of aromatic nitrogens is 2. The van der Waals surface area contributed by atoms with E-state index in [0.29, 0.717) is 5.69 Å². The molecule has 0 spiro atoms. The highest BCUT2D eigenvalue weighted by molar-refractivity contribution is 5.95. The van der Waals surface area contributed by atoms with Gasteiger partial charge >= 0.3 is 0 Å². The molecule has 1 aliphatic heterocycles. The molecule has 0 atom stereocenters. The van der Waals surface area contributed by atoms with Crippen LogP contribution in [0.3, 0.4) is 0 Å². The van der Waals surface area contributed by atoms with Crippen LogP contribution in [0, 0.1) is 0 Å². The number of hydrogen-bond acceptors (Lipinski definition) is 4. The van der Waals surface area contributed by atoms with Gasteiger partial charge in [-0.15, -0.1) is 0 Å². The van der Waals surface area contributed by atoms with Crippen molar-refractivity contribution < 1.29 is 9.59 Å². The van der Waals surface area contributed by atoms with Crippen molar-refractivity contribution in [2.45, 2.75) is 44.7 Å². The third-order valence-electron chi connectivity index (χ3n) is 4.21. The molecule has 0 unspecified atom stereocenters. The van der Waals surface area contributed by atoms with Crippen molar-refractivity contribution in [3.63, 3.8) is 0 Å². The van der Waals surface area contributed by atoms with Crippen molar-refractivity contribution in [2.75, 3.05) is 18.4 Å². The maximum Gasteiger partial charge on any atom is 0.274 e. The van der Waals surface area contributed by atoms with E-state index in [1.165, 1.54) is 0 Å². The zero-order chi connectivity index (χ0) is 14.8. The normalized spacial score (nSPS) is 18.1. The van der Waals surface area contributed by atoms with Gasteiger partial charge < -0.3 is 20.5 Å². The minimum atomic E-state index is -0.475. The summed E-state index contributed by atoms with van der Waals surface area (Å²) < 4.78 is 1.95. The van der Waals surface area contributed by atoms with Gasteiger partial charge in [0, 0.05) is 25.3 Å². The topological polar surface area (TPSA) is 93.3 Å². The van der Waals surface area contributed by atoms with E-state index in [2.05, 4.69) is 10.3 Å². The highest BCUT2D eigenvalue weighted by atomic mass is 16.2. The molecule has 7 heteroatoms. The van der Waals surface area contributed by atoms with Crippen LogP contribution in [0.4, 0.5) is 5.95 Å². The Morgan fingerprint density at radius 3 is 2.81 bits per heavy atom. The van der Waals surface area contributed by atoms with Crippen LogP contribution in [0.2, 0.25) is 0 Å². The van der Waals surface area contributed by atoms with Gasteiger partial charge in [0.1, 0.15) is 5.69 Å². The first kappa shape index (κ1) is 13.9. The molecule has 114 valence electrons. The van der Waals surface area contributed by atoms with E-state index in [-0.39, 0.29) is 18.5 Å². The maximum atomic E-state index is 12.7. The summed E-state index contributed by atoms with van der Waals surface area (Å²) in [5, 5.41) is 3.18. The van der Waals surface area contributed by atoms with Crippen molar-refractivity contribution in [1.82, 2.24) is 14.5 Å². The highest BCUT2D eigenvalue weighted by Gasteiger charge is 2.30. The smallest absolute Gasteiger partial charge is 0.274 e. The van der Waals surface area contributed by atoms with E-state index in [9.17, 15) is 9.59 Å². The summed E-state index contributed by atoms with van der Waals surface area (Å²) in [4.78, 5) is 29.9. The second-order valence-electron chi connectivity index (χ2n) is 5.76. The number of anilines is 1. The molecule has 2 heterocycles. The van der Waals surface area contributed by atoms with Gasteiger partial charge in [0.05, 0.1) is 6.54 Å². The first-order valence-corrected chi connectivity index (χ1v) is 7.55. The number of carbonyl (C=O) groups excluding carboxylic acids is 2. The summed E-state index contributed by atoms with van der Waals surface area (Å²) in [6.07, 6.45) is 6.84. The third-order valence-corrected chi connectivity index (χ3v) is 4.21. The van der Waals surface area contributed by atoms with Gasteiger partial charge in [-0.2, -0.15) is 0 Å². The predicted octanol–water partition coefficient (Wildman–Crippen LogP) is 0.569. The number of imidazole rings is 1. The Morgan fingerprint density at radius 1 is 1.38 bits per heavy atom. The van der Waals surface area contributed by atoms with Crippen molar-refractivity contribution in [1.29, 1.82) is 0 Å². The first-order chi connectivity index (χ1) is 10.1. The number of nitrogens with one attached hydrogen (secondary N) is 1. The molecule has 1 saturated carbocycles. The third kappa shape index (κ3) is 2.86. The molecule has 0 radical (unpaired) electrons. The fraction of sp³-hybridized carbons (Fsp3) is 0.643. The number of fused-ring (bicyclic) bond motifs is 1. The molecule has 2 aliphatic rings. The summed E-state index contributed by atoms with van der Waals surface area (Å²) in [6.45, 7) is 1.71. The molecular formula is C14H21N5O2. The van der Waals surface area contributed by atoms with Gasteiger partial charge in [0.25, 0.3) is 5.91 Å². The van der Waals surface area contributed by atoms with Crippen molar-refractivity contribution in [2.24, 2.45) is 5.73 Å². The second kappa shape index (κ2) is 5.75. The Balaban J connectivity index is 1.82. The van der Waals surface area contributed by atoms with Crippen LogP contribution in [0.5, 0.6) is 0 Å². The number of primary amides is 1. The van der Waals surface area contributed by atoms with Gasteiger partial charge in [0.15, 0.2) is 0 Å². The number of nitrogens with zero attached hydrogens (tertiary/aromatic N) is 3. The molecule has 1 aliphatic carbocycles. The van der Waals surface area contributed by atoms with Crippen molar-refractivity contribution in [3.8, 4) is 0 Å². The van der Waals surface area contributed by atoms with Gasteiger partial charge in [-0.1, -0.05) is 12.8 Å². The first-order valence-electron chi connectivity index (χ1n) is 7.55. The van der Waals surface area contributed by atoms with Crippen LogP contribution in [0.1, 0.15) is 42.6 Å². The molecule has 3 N–H and O–H groups in total. The van der Waals surface area contributed by atoms with Gasteiger partial charge in [-0.05, 0) is 19.3 Å². The number of aryl methyl sites for hydroxylation is 1. The summed E-state index contributed by atoms with van der Waals surface area (Å²) >= 11 is 0. The zero-order valence-corrected chi connectivity index (χ0v) is 12.0. The van der Waals surface area contributed by atoms with Gasteiger partial charge in [0.2, 0.25) is 11.9 Å². The zero-order valence-electron chi connectivity index (χ0n) is 12.0. The lowest BCUT2D eigenvalue weighted by Gasteiger charge is -2.26. The van der Waals surface area contributed by atoms with E-state index in [4.69, 9.17) is 5.73 Å². The SMILES string of the molecule is NC(=O)CN(C(=O)c1cn2c(n1)NCCC2)C1CCCC1. The summed E-state index contributed by atoms with van der Waals surface area (Å²) in [6, 6.07) is 0.108. The number of carbonyl (C=O) groups is 2. The fourth-order valence-corrected chi connectivity index (χ4v) is 3.18. The van der Waals surface area contributed by atoms with Crippen molar-refractivity contribution in [3.05, 3.63) is 11.9 Å². The summed E-state index contributed by atoms with van der Waals surface area (Å²) in [7, 11) is 0. The molecule has 7 nitrogen and oxygen atoms in total. The van der Waals surface area contributed by atoms with Crippen LogP contribution in [-0.4, -0.2) is 45.4 Å². The number of hydrogen-bond donors (Lipinski definition) is 2. The number of rotatable bonds is 4. The van der Waals surface area contributed by atoms with Gasteiger partial charge in [-0.3, -0.25) is 9.59 Å². The summed E-state index contributed by atoms with van der Waals surface area (Å²) in [5.41, 5.74) is 5.70. The summed E-state index contributed by atoms with van der Waals surface area (Å²) in [5.74, 6) is 0.0665. The Morgan fingerprint density at radius 2 is 2.14 bits per heavy atom. The van der Waals surface area contributed by atoms with Crippen LogP contribution < -0.4 is 11.1 Å². The lowest BCUT2D eigenvalue weighted by molar-refractivity contribution is -0.119. The Labute approximate surface area is 123 Å². The Bertz CT molecular complexity index is 524. The molecule has 1 fully saturated rings. The van der Waals surface area contributed by atoms with E-state index >= 15 is 0 Å². The van der Waals surface area contributed by atoms with E-state index in [0.717, 1.165) is 51.1 Å². The predicted molar refractivity (Wildman–Crippen MR) is 77.8 cm³/mol. The standard InChI is InChI=1S/C14H21N5O2/c15-12(20)9-19(10-4-1-2-5-10)13(21)11-8-18-7-3-6-16-14(18)17-11/h8,10H,1-7,9H2,(H2,15,20)(H,16,17). The minimum Gasteiger partial charge on any atom is -0.368 e. The monoisotopic (exact) mass is 291 g/mol. The average molecular weight is 291 g/mol. The van der Waals surface area contributed by atoms with Crippen molar-refractivity contribution >= 4 is 17.8 Å². The fourth-order valence-electron chi connectivity index (χ4n) is 3.18. The molecular weight excluding hydrogens is 270 g/mol. The van der Waals surface area contributed by atoms with Crippen LogP contribution in [-0.2, 0) is 11.3 Å². The Hall–Kier alpha value is -2.05. The average Bonchev–Trinajstić information content (AvgIpc) is 3.12. The number of nitrogens with two attached hydrogens (primary N) is 1. The second-order valence-corrected chi connectivity index (χ2v) is 5.76. The van der Waals surface area contributed by atoms with E-state index < -0.39 is 5.91 Å². The molecule has 2 amide bonds. The maximum absolute atomic E-state index is 12.7. The lowest BCUT2D eigenvalue weighted by Crippen LogP contribution is -2.44. The molecule has 21 heavy (non-hydrogen) atoms. The molecule has 1 aromatic heterocycles. The van der Waals surface area contributed by atoms with Crippen LogP contribution in [0.15, 0.2) is 6.20 Å². The molecule has 0 aromatic carbocycles. The van der Waals surface area contributed by atoms with Crippen LogP contribution in [0.25, 0.3) is 0 Å². The largest absolute Gasteiger partial charge is 0.368 e.